The van der Waals surface area contributed by atoms with Crippen molar-refractivity contribution in [3.63, 3.8) is 0 Å². The van der Waals surface area contributed by atoms with E-state index >= 15 is 0 Å². The molecule has 78 valence electrons. The number of methoxy groups -OCH3 is 1. The molecule has 0 unspecified atom stereocenters. The summed E-state index contributed by atoms with van der Waals surface area (Å²) in [5.74, 6) is 0.440. The van der Waals surface area contributed by atoms with E-state index < -0.39 is 0 Å². The van der Waals surface area contributed by atoms with E-state index in [1.54, 1.807) is 19.2 Å². The SMILES string of the molecule is COc1cc(NC(C)=O)c(C#N)cc1C. The van der Waals surface area contributed by atoms with Crippen LogP contribution in [0.5, 0.6) is 5.75 Å². The van der Waals surface area contributed by atoms with Crippen LogP contribution in [0.3, 0.4) is 0 Å². The smallest absolute Gasteiger partial charge is 0.221 e. The minimum absolute atomic E-state index is 0.211. The van der Waals surface area contributed by atoms with Gasteiger partial charge in [0.15, 0.2) is 0 Å². The zero-order valence-corrected chi connectivity index (χ0v) is 8.92. The number of benzene rings is 1. The molecule has 0 bridgehead atoms. The van der Waals surface area contributed by atoms with Gasteiger partial charge in [-0.15, -0.1) is 0 Å². The summed E-state index contributed by atoms with van der Waals surface area (Å²) in [6.07, 6.45) is 0. The Labute approximate surface area is 88.5 Å². The molecule has 1 aromatic rings. The van der Waals surface area contributed by atoms with Crippen molar-refractivity contribution >= 4 is 11.6 Å². The summed E-state index contributed by atoms with van der Waals surface area (Å²) >= 11 is 0. The van der Waals surface area contributed by atoms with E-state index in [-0.39, 0.29) is 5.91 Å². The van der Waals surface area contributed by atoms with Crippen LogP contribution in [-0.4, -0.2) is 13.0 Å². The number of amides is 1. The van der Waals surface area contributed by atoms with Crippen LogP contribution in [0.15, 0.2) is 12.1 Å². The van der Waals surface area contributed by atoms with Gasteiger partial charge in [0.05, 0.1) is 18.4 Å². The van der Waals surface area contributed by atoms with Crippen LogP contribution < -0.4 is 10.1 Å². The number of hydrogen-bond donors (Lipinski definition) is 1. The quantitative estimate of drug-likeness (QED) is 0.799. The molecule has 4 heteroatoms. The first kappa shape index (κ1) is 11.1. The number of carbonyl (C=O) groups excluding carboxylic acids is 1. The first-order valence-electron chi connectivity index (χ1n) is 4.44. The molecule has 0 aliphatic rings. The zero-order valence-electron chi connectivity index (χ0n) is 8.92. The van der Waals surface area contributed by atoms with Gasteiger partial charge in [-0.05, 0) is 18.6 Å². The molecule has 0 aliphatic carbocycles. The molecule has 0 fully saturated rings. The summed E-state index contributed by atoms with van der Waals surface area (Å²) in [6, 6.07) is 5.36. The van der Waals surface area contributed by atoms with Gasteiger partial charge in [0.25, 0.3) is 0 Å². The summed E-state index contributed by atoms with van der Waals surface area (Å²) < 4.78 is 5.11. The first-order chi connectivity index (χ1) is 7.08. The summed E-state index contributed by atoms with van der Waals surface area (Å²) in [6.45, 7) is 3.24. The molecule has 1 amide bonds. The highest BCUT2D eigenvalue weighted by Crippen LogP contribution is 2.26. The molecule has 0 heterocycles. The highest BCUT2D eigenvalue weighted by atomic mass is 16.5. The van der Waals surface area contributed by atoms with Crippen molar-refractivity contribution in [2.24, 2.45) is 0 Å². The van der Waals surface area contributed by atoms with E-state index in [1.807, 2.05) is 13.0 Å². The molecular formula is C11H12N2O2. The standard InChI is InChI=1S/C11H12N2O2/c1-7-4-9(6-12)10(13-8(2)14)5-11(7)15-3/h4-5H,1-3H3,(H,13,14). The zero-order chi connectivity index (χ0) is 11.4. The van der Waals surface area contributed by atoms with Crippen LogP contribution in [0.4, 0.5) is 5.69 Å². The van der Waals surface area contributed by atoms with E-state index in [0.717, 1.165) is 5.56 Å². The predicted molar refractivity (Wildman–Crippen MR) is 56.7 cm³/mol. The van der Waals surface area contributed by atoms with Gasteiger partial charge in [-0.2, -0.15) is 5.26 Å². The number of nitrogens with one attached hydrogen (secondary N) is 1. The van der Waals surface area contributed by atoms with Gasteiger partial charge in [0.2, 0.25) is 5.91 Å². The predicted octanol–water partition coefficient (Wildman–Crippen LogP) is 1.83. The van der Waals surface area contributed by atoms with E-state index in [9.17, 15) is 4.79 Å². The Morgan fingerprint density at radius 1 is 1.53 bits per heavy atom. The second-order valence-corrected chi connectivity index (χ2v) is 3.16. The van der Waals surface area contributed by atoms with Crippen molar-refractivity contribution in [3.05, 3.63) is 23.3 Å². The number of nitrogens with zero attached hydrogens (tertiary/aromatic N) is 1. The lowest BCUT2D eigenvalue weighted by molar-refractivity contribution is -0.114. The molecule has 0 saturated heterocycles. The number of rotatable bonds is 2. The average molecular weight is 204 g/mol. The summed E-state index contributed by atoms with van der Waals surface area (Å²) in [5.41, 5.74) is 1.78. The van der Waals surface area contributed by atoms with E-state index in [0.29, 0.717) is 17.0 Å². The van der Waals surface area contributed by atoms with Crippen molar-refractivity contribution in [3.8, 4) is 11.8 Å². The van der Waals surface area contributed by atoms with Crippen molar-refractivity contribution in [1.82, 2.24) is 0 Å². The molecule has 0 aliphatic heterocycles. The Balaban J connectivity index is 3.24. The topological polar surface area (TPSA) is 62.1 Å². The molecule has 0 saturated carbocycles. The highest BCUT2D eigenvalue weighted by Gasteiger charge is 2.08. The molecule has 0 radical (unpaired) electrons. The lowest BCUT2D eigenvalue weighted by atomic mass is 10.1. The maximum atomic E-state index is 10.9. The van der Waals surface area contributed by atoms with E-state index in [1.165, 1.54) is 6.92 Å². The van der Waals surface area contributed by atoms with Gasteiger partial charge in [-0.3, -0.25) is 4.79 Å². The fraction of sp³-hybridized carbons (Fsp3) is 0.273. The third-order valence-corrected chi connectivity index (χ3v) is 1.97. The Hall–Kier alpha value is -2.02. The van der Waals surface area contributed by atoms with Crippen LogP contribution in [0.1, 0.15) is 18.1 Å². The third kappa shape index (κ3) is 2.47. The average Bonchev–Trinajstić information content (AvgIpc) is 2.19. The monoisotopic (exact) mass is 204 g/mol. The van der Waals surface area contributed by atoms with Crippen LogP contribution >= 0.6 is 0 Å². The lowest BCUT2D eigenvalue weighted by Gasteiger charge is -2.09. The van der Waals surface area contributed by atoms with Gasteiger partial charge < -0.3 is 10.1 Å². The minimum Gasteiger partial charge on any atom is -0.496 e. The summed E-state index contributed by atoms with van der Waals surface area (Å²) in [7, 11) is 1.55. The molecule has 1 rings (SSSR count). The molecule has 0 spiro atoms. The molecule has 0 atom stereocenters. The van der Waals surface area contributed by atoms with Gasteiger partial charge in [0.1, 0.15) is 11.8 Å². The van der Waals surface area contributed by atoms with Crippen LogP contribution in [0.25, 0.3) is 0 Å². The summed E-state index contributed by atoms with van der Waals surface area (Å²) in [4.78, 5) is 10.9. The maximum Gasteiger partial charge on any atom is 0.221 e. The first-order valence-corrected chi connectivity index (χ1v) is 4.44. The molecular weight excluding hydrogens is 192 g/mol. The number of anilines is 1. The molecule has 0 aromatic heterocycles. The fourth-order valence-electron chi connectivity index (χ4n) is 1.29. The van der Waals surface area contributed by atoms with E-state index in [4.69, 9.17) is 10.00 Å². The molecule has 4 nitrogen and oxygen atoms in total. The Kier molecular flexibility index (Phi) is 3.29. The van der Waals surface area contributed by atoms with Crippen LogP contribution in [0.2, 0.25) is 0 Å². The van der Waals surface area contributed by atoms with Crippen molar-refractivity contribution in [2.45, 2.75) is 13.8 Å². The largest absolute Gasteiger partial charge is 0.496 e. The highest BCUT2D eigenvalue weighted by molar-refractivity contribution is 5.90. The molecule has 1 aromatic carbocycles. The third-order valence-electron chi connectivity index (χ3n) is 1.97. The number of ether oxygens (including phenoxy) is 1. The Morgan fingerprint density at radius 3 is 2.67 bits per heavy atom. The van der Waals surface area contributed by atoms with Crippen LogP contribution in [0, 0.1) is 18.3 Å². The van der Waals surface area contributed by atoms with Crippen molar-refractivity contribution < 1.29 is 9.53 Å². The van der Waals surface area contributed by atoms with Crippen molar-refractivity contribution in [2.75, 3.05) is 12.4 Å². The normalized spacial score (nSPS) is 9.20. The van der Waals surface area contributed by atoms with E-state index in [2.05, 4.69) is 5.32 Å². The van der Waals surface area contributed by atoms with Gasteiger partial charge in [0, 0.05) is 13.0 Å². The van der Waals surface area contributed by atoms with Crippen molar-refractivity contribution in [1.29, 1.82) is 5.26 Å². The van der Waals surface area contributed by atoms with Gasteiger partial charge >= 0.3 is 0 Å². The summed E-state index contributed by atoms with van der Waals surface area (Å²) in [5, 5.41) is 11.5. The van der Waals surface area contributed by atoms with Crippen LogP contribution in [-0.2, 0) is 4.79 Å². The van der Waals surface area contributed by atoms with Gasteiger partial charge in [-0.1, -0.05) is 0 Å². The maximum absolute atomic E-state index is 10.9. The Bertz CT molecular complexity index is 433. The number of aryl methyl sites for hydroxylation is 1. The minimum atomic E-state index is -0.211. The fourth-order valence-corrected chi connectivity index (χ4v) is 1.29. The molecule has 15 heavy (non-hydrogen) atoms. The Morgan fingerprint density at radius 2 is 2.20 bits per heavy atom. The number of hydrogen-bond acceptors (Lipinski definition) is 3. The number of nitriles is 1. The van der Waals surface area contributed by atoms with Gasteiger partial charge in [-0.25, -0.2) is 0 Å². The number of carbonyl (C=O) groups is 1. The lowest BCUT2D eigenvalue weighted by Crippen LogP contribution is -2.07. The molecule has 1 N–H and O–H groups in total. The second-order valence-electron chi connectivity index (χ2n) is 3.16. The second kappa shape index (κ2) is 4.47.